The molecule has 0 atom stereocenters. The number of aromatic nitrogens is 2. The third-order valence-electron chi connectivity index (χ3n) is 3.39. The molecule has 0 saturated carbocycles. The van der Waals surface area contributed by atoms with E-state index < -0.39 is 11.5 Å². The molecule has 0 unspecified atom stereocenters. The Kier molecular flexibility index (Phi) is 6.14. The Hall–Kier alpha value is -3.31. The van der Waals surface area contributed by atoms with Crippen LogP contribution in [-0.2, 0) is 22.7 Å². The molecule has 2 aromatic heterocycles. The second kappa shape index (κ2) is 8.52. The van der Waals surface area contributed by atoms with Gasteiger partial charge in [-0.1, -0.05) is 6.07 Å². The van der Waals surface area contributed by atoms with Crippen molar-refractivity contribution in [2.24, 2.45) is 5.10 Å². The molecule has 0 aliphatic carbocycles. The molecular weight excluding hydrogens is 322 g/mol. The summed E-state index contributed by atoms with van der Waals surface area (Å²) in [4.78, 5) is 28.3. The summed E-state index contributed by atoms with van der Waals surface area (Å²) in [5.41, 5.74) is 3.58. The SMILES string of the molecule is COCc1cc(C)n(CC(=O)N/N=C/c2cccnc2)c(=O)c1C#N. The molecule has 2 heterocycles. The van der Waals surface area contributed by atoms with Gasteiger partial charge in [-0.25, -0.2) is 5.43 Å². The Labute approximate surface area is 144 Å². The molecule has 8 nitrogen and oxygen atoms in total. The van der Waals surface area contributed by atoms with Gasteiger partial charge in [0.2, 0.25) is 0 Å². The van der Waals surface area contributed by atoms with Crippen molar-refractivity contribution in [3.8, 4) is 6.07 Å². The van der Waals surface area contributed by atoms with Gasteiger partial charge >= 0.3 is 0 Å². The van der Waals surface area contributed by atoms with Crippen molar-refractivity contribution in [2.75, 3.05) is 7.11 Å². The quantitative estimate of drug-likeness (QED) is 0.616. The monoisotopic (exact) mass is 339 g/mol. The predicted molar refractivity (Wildman–Crippen MR) is 90.8 cm³/mol. The zero-order chi connectivity index (χ0) is 18.2. The molecule has 0 aliphatic rings. The first-order chi connectivity index (χ1) is 12.1. The Morgan fingerprint density at radius 1 is 1.56 bits per heavy atom. The number of hydrazone groups is 1. The average Bonchev–Trinajstić information content (AvgIpc) is 2.60. The van der Waals surface area contributed by atoms with Crippen LogP contribution < -0.4 is 11.0 Å². The molecule has 1 N–H and O–H groups in total. The van der Waals surface area contributed by atoms with Gasteiger partial charge in [-0.15, -0.1) is 0 Å². The minimum Gasteiger partial charge on any atom is -0.380 e. The summed E-state index contributed by atoms with van der Waals surface area (Å²) < 4.78 is 6.22. The van der Waals surface area contributed by atoms with E-state index in [9.17, 15) is 14.9 Å². The van der Waals surface area contributed by atoms with Crippen molar-refractivity contribution >= 4 is 12.1 Å². The van der Waals surface area contributed by atoms with Crippen molar-refractivity contribution in [1.82, 2.24) is 15.0 Å². The van der Waals surface area contributed by atoms with E-state index in [1.165, 1.54) is 17.9 Å². The van der Waals surface area contributed by atoms with E-state index in [1.807, 2.05) is 6.07 Å². The second-order valence-electron chi connectivity index (χ2n) is 5.20. The largest absolute Gasteiger partial charge is 0.380 e. The van der Waals surface area contributed by atoms with E-state index in [2.05, 4.69) is 15.5 Å². The fourth-order valence-corrected chi connectivity index (χ4v) is 2.23. The third kappa shape index (κ3) is 4.59. The van der Waals surface area contributed by atoms with E-state index in [0.717, 1.165) is 5.56 Å². The van der Waals surface area contributed by atoms with Gasteiger partial charge in [-0.05, 0) is 19.1 Å². The molecule has 0 aliphatic heterocycles. The molecule has 2 rings (SSSR count). The number of nitrogens with one attached hydrogen (secondary N) is 1. The highest BCUT2D eigenvalue weighted by Crippen LogP contribution is 2.08. The summed E-state index contributed by atoms with van der Waals surface area (Å²) in [5.74, 6) is -0.478. The predicted octanol–water partition coefficient (Wildman–Crippen LogP) is 0.720. The van der Waals surface area contributed by atoms with Gasteiger partial charge in [-0.3, -0.25) is 14.6 Å². The fraction of sp³-hybridized carbons (Fsp3) is 0.235. The van der Waals surface area contributed by atoms with Crippen molar-refractivity contribution in [1.29, 1.82) is 5.26 Å². The topological polar surface area (TPSA) is 109 Å². The molecule has 0 bridgehead atoms. The van der Waals surface area contributed by atoms with Gasteiger partial charge in [-0.2, -0.15) is 10.4 Å². The van der Waals surface area contributed by atoms with Crippen LogP contribution in [0.15, 0.2) is 40.5 Å². The standard InChI is InChI=1S/C17H17N5O3/c1-12-6-14(11-25-2)15(7-18)17(24)22(12)10-16(23)21-20-9-13-4-3-5-19-8-13/h3-6,8-9H,10-11H2,1-2H3,(H,21,23)/b20-9+. The Balaban J connectivity index is 2.14. The van der Waals surface area contributed by atoms with Crippen LogP contribution in [-0.4, -0.2) is 28.8 Å². The number of pyridine rings is 2. The zero-order valence-electron chi connectivity index (χ0n) is 13.9. The number of hydrogen-bond acceptors (Lipinski definition) is 6. The summed E-state index contributed by atoms with van der Waals surface area (Å²) >= 11 is 0. The van der Waals surface area contributed by atoms with Crippen molar-refractivity contribution < 1.29 is 9.53 Å². The number of hydrogen-bond donors (Lipinski definition) is 1. The molecule has 0 spiro atoms. The number of nitriles is 1. The van der Waals surface area contributed by atoms with Gasteiger partial charge in [0.05, 0.1) is 12.8 Å². The Morgan fingerprint density at radius 3 is 3.00 bits per heavy atom. The Morgan fingerprint density at radius 2 is 2.36 bits per heavy atom. The van der Waals surface area contributed by atoms with Crippen molar-refractivity contribution in [3.05, 3.63) is 63.3 Å². The average molecular weight is 339 g/mol. The number of methoxy groups -OCH3 is 1. The van der Waals surface area contributed by atoms with Crippen LogP contribution >= 0.6 is 0 Å². The number of aryl methyl sites for hydroxylation is 1. The zero-order valence-corrected chi connectivity index (χ0v) is 13.9. The van der Waals surface area contributed by atoms with Crippen LogP contribution in [0.2, 0.25) is 0 Å². The molecule has 0 radical (unpaired) electrons. The first-order valence-corrected chi connectivity index (χ1v) is 7.41. The summed E-state index contributed by atoms with van der Waals surface area (Å²) in [6.07, 6.45) is 4.67. The summed E-state index contributed by atoms with van der Waals surface area (Å²) in [6.45, 7) is 1.60. The fourth-order valence-electron chi connectivity index (χ4n) is 2.23. The highest BCUT2D eigenvalue weighted by molar-refractivity contribution is 5.81. The normalized spacial score (nSPS) is 10.6. The molecule has 8 heteroatoms. The number of carbonyl (C=O) groups is 1. The lowest BCUT2D eigenvalue weighted by atomic mass is 10.1. The molecule has 0 saturated heterocycles. The number of carbonyl (C=O) groups excluding carboxylic acids is 1. The number of amides is 1. The van der Waals surface area contributed by atoms with Crippen LogP contribution in [0.3, 0.4) is 0 Å². The maximum atomic E-state index is 12.4. The summed E-state index contributed by atoms with van der Waals surface area (Å²) in [6, 6.07) is 7.06. The van der Waals surface area contributed by atoms with Crippen LogP contribution in [0, 0.1) is 18.3 Å². The third-order valence-corrected chi connectivity index (χ3v) is 3.39. The van der Waals surface area contributed by atoms with E-state index >= 15 is 0 Å². The van der Waals surface area contributed by atoms with Gasteiger partial charge < -0.3 is 9.30 Å². The van der Waals surface area contributed by atoms with E-state index in [0.29, 0.717) is 11.3 Å². The van der Waals surface area contributed by atoms with Gasteiger partial charge in [0, 0.05) is 36.3 Å². The van der Waals surface area contributed by atoms with Crippen LogP contribution in [0.5, 0.6) is 0 Å². The maximum absolute atomic E-state index is 12.4. The lowest BCUT2D eigenvalue weighted by Crippen LogP contribution is -2.33. The van der Waals surface area contributed by atoms with Gasteiger partial charge in [0.1, 0.15) is 18.2 Å². The number of ether oxygens (including phenoxy) is 1. The highest BCUT2D eigenvalue weighted by atomic mass is 16.5. The molecule has 128 valence electrons. The molecular formula is C17H17N5O3. The molecule has 25 heavy (non-hydrogen) atoms. The van der Waals surface area contributed by atoms with Crippen LogP contribution in [0.25, 0.3) is 0 Å². The van der Waals surface area contributed by atoms with E-state index in [4.69, 9.17) is 4.74 Å². The van der Waals surface area contributed by atoms with Crippen molar-refractivity contribution in [2.45, 2.75) is 20.1 Å². The van der Waals surface area contributed by atoms with E-state index in [-0.39, 0.29) is 18.7 Å². The first kappa shape index (κ1) is 18.0. The Bertz CT molecular complexity index is 882. The lowest BCUT2D eigenvalue weighted by Gasteiger charge is -2.12. The van der Waals surface area contributed by atoms with Gasteiger partial charge in [0.15, 0.2) is 0 Å². The van der Waals surface area contributed by atoms with Crippen LogP contribution in [0.1, 0.15) is 22.4 Å². The van der Waals surface area contributed by atoms with Gasteiger partial charge in [0.25, 0.3) is 11.5 Å². The minimum absolute atomic E-state index is 0.0286. The minimum atomic E-state index is -0.527. The summed E-state index contributed by atoms with van der Waals surface area (Å²) in [5, 5.41) is 13.0. The number of nitrogens with zero attached hydrogens (tertiary/aromatic N) is 4. The van der Waals surface area contributed by atoms with E-state index in [1.54, 1.807) is 37.5 Å². The molecule has 0 aromatic carbocycles. The highest BCUT2D eigenvalue weighted by Gasteiger charge is 2.14. The lowest BCUT2D eigenvalue weighted by molar-refractivity contribution is -0.121. The van der Waals surface area contributed by atoms with Crippen LogP contribution in [0.4, 0.5) is 0 Å². The summed E-state index contributed by atoms with van der Waals surface area (Å²) in [7, 11) is 1.48. The molecule has 0 fully saturated rings. The second-order valence-corrected chi connectivity index (χ2v) is 5.20. The molecule has 2 aromatic rings. The van der Waals surface area contributed by atoms with Crippen molar-refractivity contribution in [3.63, 3.8) is 0 Å². The molecule has 1 amide bonds. The maximum Gasteiger partial charge on any atom is 0.269 e. The number of rotatable bonds is 6. The smallest absolute Gasteiger partial charge is 0.269 e. The first-order valence-electron chi connectivity index (χ1n) is 7.41.